The smallest absolute Gasteiger partial charge is 0.227 e. The minimum absolute atomic E-state index is 0.640. The molecule has 2 aliphatic rings. The van der Waals surface area contributed by atoms with Gasteiger partial charge >= 0.3 is 0 Å². The van der Waals surface area contributed by atoms with Crippen LogP contribution >= 0.6 is 9.24 Å². The van der Waals surface area contributed by atoms with Gasteiger partial charge in [-0.3, -0.25) is 0 Å². The lowest BCUT2D eigenvalue weighted by Gasteiger charge is -2.06. The zero-order chi connectivity index (χ0) is 22.1. The van der Waals surface area contributed by atoms with Gasteiger partial charge in [0, 0.05) is 12.0 Å². The zero-order valence-electron chi connectivity index (χ0n) is 18.7. The first-order valence-electron chi connectivity index (χ1n) is 11.2. The van der Waals surface area contributed by atoms with E-state index < -0.39 is 0 Å². The van der Waals surface area contributed by atoms with Crippen LogP contribution in [0.2, 0.25) is 0 Å². The molecule has 162 valence electrons. The molecule has 2 aromatic rings. The van der Waals surface area contributed by atoms with E-state index in [0.29, 0.717) is 5.89 Å². The second-order valence-corrected chi connectivity index (χ2v) is 7.79. The van der Waals surface area contributed by atoms with Gasteiger partial charge in [0.25, 0.3) is 0 Å². The Labute approximate surface area is 188 Å². The number of hydrogen-bond acceptors (Lipinski definition) is 3. The van der Waals surface area contributed by atoms with Gasteiger partial charge in [0.2, 0.25) is 5.89 Å². The van der Waals surface area contributed by atoms with Crippen LogP contribution in [0.25, 0.3) is 17.5 Å². The van der Waals surface area contributed by atoms with Crippen molar-refractivity contribution >= 4 is 15.3 Å². The van der Waals surface area contributed by atoms with Crippen LogP contribution in [0.4, 0.5) is 0 Å². The first-order valence-corrected chi connectivity index (χ1v) is 11.8. The fraction of sp³-hybridized carbons (Fsp3) is 0.296. The van der Waals surface area contributed by atoms with Gasteiger partial charge in [0.15, 0.2) is 0 Å². The van der Waals surface area contributed by atoms with Crippen molar-refractivity contribution in [2.24, 2.45) is 0 Å². The van der Waals surface area contributed by atoms with E-state index in [1.807, 2.05) is 38.1 Å². The average molecular weight is 434 g/mol. The molecule has 0 bridgehead atoms. The summed E-state index contributed by atoms with van der Waals surface area (Å²) < 4.78 is 11.9. The number of oxazole rings is 1. The van der Waals surface area contributed by atoms with Gasteiger partial charge in [-0.25, -0.2) is 4.98 Å². The molecule has 0 amide bonds. The molecule has 4 heteroatoms. The quantitative estimate of drug-likeness (QED) is 0.346. The number of fused-ring (bicyclic) bond motifs is 1. The van der Waals surface area contributed by atoms with Crippen LogP contribution < -0.4 is 4.74 Å². The van der Waals surface area contributed by atoms with E-state index in [9.17, 15) is 0 Å². The van der Waals surface area contributed by atoms with E-state index in [0.717, 1.165) is 55.1 Å². The summed E-state index contributed by atoms with van der Waals surface area (Å²) in [7, 11) is 2.83. The van der Waals surface area contributed by atoms with Gasteiger partial charge in [-0.05, 0) is 53.6 Å². The third-order valence-electron chi connectivity index (χ3n) is 4.98. The van der Waals surface area contributed by atoms with Gasteiger partial charge in [0.1, 0.15) is 17.2 Å². The molecule has 0 saturated heterocycles. The number of rotatable bonds is 6. The Morgan fingerprint density at radius 2 is 1.94 bits per heavy atom. The summed E-state index contributed by atoms with van der Waals surface area (Å²) in [4.78, 5) is 4.74. The van der Waals surface area contributed by atoms with Crippen molar-refractivity contribution in [1.29, 1.82) is 0 Å². The molecule has 0 fully saturated rings. The third kappa shape index (κ3) is 5.95. The van der Waals surface area contributed by atoms with Crippen molar-refractivity contribution in [2.45, 2.75) is 46.5 Å². The maximum atomic E-state index is 6.12. The summed E-state index contributed by atoms with van der Waals surface area (Å²) in [5.74, 6) is 2.39. The van der Waals surface area contributed by atoms with Crippen molar-refractivity contribution in [2.75, 3.05) is 6.61 Å². The second kappa shape index (κ2) is 11.7. The maximum Gasteiger partial charge on any atom is 0.227 e. The van der Waals surface area contributed by atoms with Crippen molar-refractivity contribution in [3.63, 3.8) is 0 Å². The molecule has 0 saturated carbocycles. The average Bonchev–Trinajstić information content (AvgIpc) is 2.95. The molecular formula is C27H32NO2P. The highest BCUT2D eigenvalue weighted by Crippen LogP contribution is 2.31. The number of hydrogen-bond donors (Lipinski definition) is 0. The Hall–Kier alpha value is -2.64. The van der Waals surface area contributed by atoms with Crippen LogP contribution in [0.3, 0.4) is 0 Å². The van der Waals surface area contributed by atoms with E-state index in [1.165, 1.54) is 16.5 Å². The van der Waals surface area contributed by atoms with Gasteiger partial charge in [-0.2, -0.15) is 0 Å². The molecule has 31 heavy (non-hydrogen) atoms. The maximum absolute atomic E-state index is 6.12. The summed E-state index contributed by atoms with van der Waals surface area (Å²) in [6, 6.07) is 7.97. The number of allylic oxidation sites excluding steroid dienone is 9. The summed E-state index contributed by atoms with van der Waals surface area (Å²) in [6.07, 6.45) is 19.0. The normalized spacial score (nSPS) is 14.9. The lowest BCUT2D eigenvalue weighted by atomic mass is 10.0. The molecule has 0 N–H and O–H groups in total. The second-order valence-electron chi connectivity index (χ2n) is 7.16. The van der Waals surface area contributed by atoms with E-state index >= 15 is 0 Å². The van der Waals surface area contributed by atoms with Crippen LogP contribution in [-0.4, -0.2) is 11.6 Å². The van der Waals surface area contributed by atoms with Gasteiger partial charge in [-0.15, -0.1) is 9.24 Å². The number of benzene rings is 1. The fourth-order valence-electron chi connectivity index (χ4n) is 3.36. The number of nitrogens with zero attached hydrogens (tertiary/aromatic N) is 1. The summed E-state index contributed by atoms with van der Waals surface area (Å²) >= 11 is 0. The lowest BCUT2D eigenvalue weighted by molar-refractivity contribution is 0.309. The molecule has 3 nitrogen and oxygen atoms in total. The van der Waals surface area contributed by atoms with Crippen molar-refractivity contribution < 1.29 is 9.15 Å². The predicted octanol–water partition coefficient (Wildman–Crippen LogP) is 7.69. The number of ether oxygens (including phenoxy) is 1. The molecule has 1 heterocycles. The van der Waals surface area contributed by atoms with E-state index in [4.69, 9.17) is 14.1 Å². The standard InChI is InChI=1S/C25H26NO2P.C2H6/c1-2-3-16-27-20-9-7-8-19(17-20)25-26-22-14-12-18(13-15-23(22)28-25)21-10-5-4-6-11-24(21)29;1-2/h5-14,17H,2-4,15-16,29H2,1H3;1-2H3. The molecule has 0 aliphatic heterocycles. The molecule has 1 aromatic heterocycles. The first-order chi connectivity index (χ1) is 15.2. The van der Waals surface area contributed by atoms with Crippen LogP contribution in [0.5, 0.6) is 5.75 Å². The highest BCUT2D eigenvalue weighted by molar-refractivity contribution is 7.23. The van der Waals surface area contributed by atoms with E-state index in [1.54, 1.807) is 0 Å². The molecule has 0 spiro atoms. The highest BCUT2D eigenvalue weighted by atomic mass is 31.0. The van der Waals surface area contributed by atoms with Gasteiger partial charge in [0.05, 0.1) is 6.61 Å². The Balaban J connectivity index is 0.00000132. The van der Waals surface area contributed by atoms with Gasteiger partial charge < -0.3 is 9.15 Å². The van der Waals surface area contributed by atoms with Crippen LogP contribution in [-0.2, 0) is 6.42 Å². The van der Waals surface area contributed by atoms with Crippen molar-refractivity contribution in [3.8, 4) is 17.2 Å². The molecule has 2 aliphatic carbocycles. The largest absolute Gasteiger partial charge is 0.494 e. The molecule has 4 rings (SSSR count). The Morgan fingerprint density at radius 1 is 1.10 bits per heavy atom. The molecular weight excluding hydrogens is 401 g/mol. The lowest BCUT2D eigenvalue weighted by Crippen LogP contribution is -1.96. The third-order valence-corrected chi connectivity index (χ3v) is 5.48. The highest BCUT2D eigenvalue weighted by Gasteiger charge is 2.16. The molecule has 1 unspecified atom stereocenters. The molecule has 1 aromatic carbocycles. The monoisotopic (exact) mass is 433 g/mol. The van der Waals surface area contributed by atoms with Crippen LogP contribution in [0.1, 0.15) is 51.5 Å². The predicted molar refractivity (Wildman–Crippen MR) is 134 cm³/mol. The summed E-state index contributed by atoms with van der Waals surface area (Å²) in [5, 5.41) is 1.20. The van der Waals surface area contributed by atoms with Crippen molar-refractivity contribution in [3.05, 3.63) is 88.6 Å². The van der Waals surface area contributed by atoms with Crippen LogP contribution in [0.15, 0.2) is 81.6 Å². The number of aromatic nitrogens is 1. The number of unbranched alkanes of at least 4 members (excludes halogenated alkanes) is 1. The fourth-order valence-corrected chi connectivity index (χ4v) is 3.76. The zero-order valence-corrected chi connectivity index (χ0v) is 19.9. The van der Waals surface area contributed by atoms with Crippen molar-refractivity contribution in [1.82, 2.24) is 4.98 Å². The minimum atomic E-state index is 0.640. The first kappa shape index (κ1) is 23.0. The van der Waals surface area contributed by atoms with Gasteiger partial charge in [-0.1, -0.05) is 69.7 Å². The summed E-state index contributed by atoms with van der Waals surface area (Å²) in [5.41, 5.74) is 4.25. The van der Waals surface area contributed by atoms with E-state index in [2.05, 4.69) is 58.7 Å². The molecule has 1 atom stereocenters. The summed E-state index contributed by atoms with van der Waals surface area (Å²) in [6.45, 7) is 6.89. The molecule has 0 radical (unpaired) electrons. The Bertz CT molecular complexity index is 1040. The Morgan fingerprint density at radius 3 is 2.77 bits per heavy atom. The minimum Gasteiger partial charge on any atom is -0.494 e. The van der Waals surface area contributed by atoms with E-state index in [-0.39, 0.29) is 0 Å². The Kier molecular flexibility index (Phi) is 8.67. The van der Waals surface area contributed by atoms with Crippen LogP contribution in [0, 0.1) is 0 Å². The topological polar surface area (TPSA) is 35.3 Å². The SMILES string of the molecule is CC.CCCCOc1cccc(-c2nc3c(o2)CC=C(C2=C(P)C=CCC=C2)C=C3)c1.